The Kier molecular flexibility index (Phi) is 7.12. The maximum absolute atomic E-state index is 13.2. The minimum absolute atomic E-state index is 0.229. The highest BCUT2D eigenvalue weighted by Crippen LogP contribution is 2.28. The van der Waals surface area contributed by atoms with Crippen LogP contribution in [0.5, 0.6) is 0 Å². The first-order valence-electron chi connectivity index (χ1n) is 11.5. The molecule has 2 N–H and O–H groups in total. The zero-order valence-corrected chi connectivity index (χ0v) is 19.8. The highest BCUT2D eigenvalue weighted by Gasteiger charge is 2.32. The Bertz CT molecular complexity index is 1260. The summed E-state index contributed by atoms with van der Waals surface area (Å²) in [4.78, 5) is 31.3. The molecule has 1 aliphatic heterocycles. The molecule has 1 aliphatic rings. The molecule has 2 atom stereocenters. The third-order valence-corrected chi connectivity index (χ3v) is 6.20. The number of benzene rings is 2. The topological polar surface area (TPSA) is 82.5 Å². The van der Waals surface area contributed by atoms with Crippen LogP contribution in [0.3, 0.4) is 0 Å². The zero-order valence-electron chi connectivity index (χ0n) is 19.8. The van der Waals surface area contributed by atoms with Crippen LogP contribution in [0.25, 0.3) is 11.1 Å². The van der Waals surface area contributed by atoms with Gasteiger partial charge in [0.15, 0.2) is 0 Å². The van der Waals surface area contributed by atoms with Crippen LogP contribution in [0.4, 0.5) is 13.2 Å². The van der Waals surface area contributed by atoms with Crippen LogP contribution >= 0.6 is 0 Å². The lowest BCUT2D eigenvalue weighted by atomic mass is 9.97. The summed E-state index contributed by atoms with van der Waals surface area (Å²) in [5.74, 6) is -0.763. The van der Waals surface area contributed by atoms with E-state index in [1.54, 1.807) is 24.0 Å². The van der Waals surface area contributed by atoms with Crippen LogP contribution in [-0.2, 0) is 6.18 Å². The van der Waals surface area contributed by atoms with E-state index in [9.17, 15) is 27.9 Å². The van der Waals surface area contributed by atoms with Gasteiger partial charge >= 0.3 is 6.18 Å². The van der Waals surface area contributed by atoms with Crippen molar-refractivity contribution < 1.29 is 27.9 Å². The van der Waals surface area contributed by atoms with Crippen LogP contribution in [-0.4, -0.2) is 46.0 Å². The summed E-state index contributed by atoms with van der Waals surface area (Å²) >= 11 is 0. The van der Waals surface area contributed by atoms with Crippen molar-refractivity contribution in [2.24, 2.45) is 0 Å². The Morgan fingerprint density at radius 2 is 1.75 bits per heavy atom. The Morgan fingerprint density at radius 3 is 2.33 bits per heavy atom. The number of carbonyl (C=O) groups is 2. The fraction of sp³-hybridized carbons (Fsp3) is 0.296. The number of rotatable bonds is 5. The number of nitrogens with one attached hydrogen (secondary N) is 1. The molecule has 0 saturated carbocycles. The van der Waals surface area contributed by atoms with Gasteiger partial charge in [-0.1, -0.05) is 35.9 Å². The number of hydrogen-bond donors (Lipinski definition) is 2. The summed E-state index contributed by atoms with van der Waals surface area (Å²) < 4.78 is 38.4. The predicted octanol–water partition coefficient (Wildman–Crippen LogP) is 4.77. The maximum Gasteiger partial charge on any atom is 0.433 e. The number of amides is 2. The molecule has 36 heavy (non-hydrogen) atoms. The Balaban J connectivity index is 1.62. The molecule has 3 aromatic rings. The van der Waals surface area contributed by atoms with Gasteiger partial charge in [0.2, 0.25) is 0 Å². The Labute approximate surface area is 206 Å². The van der Waals surface area contributed by atoms with E-state index in [2.05, 4.69) is 10.3 Å². The van der Waals surface area contributed by atoms with Gasteiger partial charge in [0.05, 0.1) is 12.1 Å². The summed E-state index contributed by atoms with van der Waals surface area (Å²) in [7, 11) is 0. The monoisotopic (exact) mass is 497 g/mol. The van der Waals surface area contributed by atoms with Crippen LogP contribution in [0.1, 0.15) is 56.9 Å². The number of nitrogens with zero attached hydrogens (tertiary/aromatic N) is 2. The molecule has 0 radical (unpaired) electrons. The summed E-state index contributed by atoms with van der Waals surface area (Å²) in [6, 6.07) is 14.1. The second-order valence-electron chi connectivity index (χ2n) is 9.03. The molecule has 2 amide bonds. The van der Waals surface area contributed by atoms with Crippen molar-refractivity contribution in [1.29, 1.82) is 0 Å². The molecule has 4 rings (SSSR count). The van der Waals surface area contributed by atoms with E-state index in [-0.39, 0.29) is 18.0 Å². The Morgan fingerprint density at radius 1 is 1.06 bits per heavy atom. The predicted molar refractivity (Wildman–Crippen MR) is 128 cm³/mol. The molecule has 1 saturated heterocycles. The smallest absolute Gasteiger partial charge is 0.391 e. The highest BCUT2D eigenvalue weighted by molar-refractivity contribution is 6.01. The van der Waals surface area contributed by atoms with E-state index in [4.69, 9.17) is 0 Å². The molecule has 188 valence electrons. The number of aryl methyl sites for hydroxylation is 1. The second kappa shape index (κ2) is 10.1. The number of halogens is 3. The highest BCUT2D eigenvalue weighted by atomic mass is 19.4. The summed E-state index contributed by atoms with van der Waals surface area (Å²) in [6.45, 7) is 4.25. The number of hydrogen-bond acceptors (Lipinski definition) is 4. The van der Waals surface area contributed by atoms with Crippen molar-refractivity contribution in [3.05, 3.63) is 88.7 Å². The fourth-order valence-electron chi connectivity index (χ4n) is 4.10. The molecule has 6 nitrogen and oxygen atoms in total. The van der Waals surface area contributed by atoms with Crippen molar-refractivity contribution in [3.8, 4) is 11.1 Å². The first-order chi connectivity index (χ1) is 17.0. The van der Waals surface area contributed by atoms with Crippen LogP contribution < -0.4 is 5.32 Å². The largest absolute Gasteiger partial charge is 0.433 e. The summed E-state index contributed by atoms with van der Waals surface area (Å²) in [6.07, 6.45) is -3.54. The number of likely N-dealkylation sites (tertiary alicyclic amines) is 1. The van der Waals surface area contributed by atoms with E-state index in [1.165, 1.54) is 12.1 Å². The van der Waals surface area contributed by atoms with E-state index in [0.29, 0.717) is 29.7 Å². The molecular weight excluding hydrogens is 471 g/mol. The lowest BCUT2D eigenvalue weighted by Crippen LogP contribution is -2.30. The Hall–Kier alpha value is -3.72. The standard InChI is InChI=1S/C27H26F3N3O3/c1-16-3-5-18(6-4-16)20-11-21(13-22(12-20)26(36)33-10-9-23(34)15-33)25(35)32-17(2)19-7-8-24(31-14-19)27(28,29)30/h3-8,11-14,17,23,34H,9-10,15H2,1-2H3,(H,32,35)/t17-,23-/m1/s1. The van der Waals surface area contributed by atoms with Crippen LogP contribution in [0, 0.1) is 6.92 Å². The van der Waals surface area contributed by atoms with Gasteiger partial charge in [-0.15, -0.1) is 0 Å². The van der Waals surface area contributed by atoms with E-state index in [1.807, 2.05) is 31.2 Å². The summed E-state index contributed by atoms with van der Waals surface area (Å²) in [5, 5.41) is 12.6. The normalized spacial score (nSPS) is 16.6. The summed E-state index contributed by atoms with van der Waals surface area (Å²) in [5.41, 5.74) is 2.52. The average Bonchev–Trinajstić information content (AvgIpc) is 3.29. The third kappa shape index (κ3) is 5.73. The number of aliphatic hydroxyl groups excluding tert-OH is 1. The van der Waals surface area contributed by atoms with Gasteiger partial charge in [-0.3, -0.25) is 14.6 Å². The first-order valence-corrected chi connectivity index (χ1v) is 11.5. The van der Waals surface area contributed by atoms with Gasteiger partial charge in [0.25, 0.3) is 11.8 Å². The molecule has 9 heteroatoms. The van der Waals surface area contributed by atoms with E-state index >= 15 is 0 Å². The third-order valence-electron chi connectivity index (χ3n) is 6.20. The van der Waals surface area contributed by atoms with Gasteiger partial charge in [-0.25, -0.2) is 0 Å². The number of aromatic nitrogens is 1. The van der Waals surface area contributed by atoms with Crippen molar-refractivity contribution in [2.45, 2.75) is 38.6 Å². The fourth-order valence-corrected chi connectivity index (χ4v) is 4.10. The molecule has 0 bridgehead atoms. The molecule has 2 heterocycles. The van der Waals surface area contributed by atoms with E-state index < -0.39 is 29.9 Å². The molecule has 2 aromatic carbocycles. The number of alkyl halides is 3. The van der Waals surface area contributed by atoms with Crippen molar-refractivity contribution in [3.63, 3.8) is 0 Å². The average molecular weight is 498 g/mol. The van der Waals surface area contributed by atoms with Crippen molar-refractivity contribution >= 4 is 11.8 Å². The van der Waals surface area contributed by atoms with Gasteiger partial charge in [0.1, 0.15) is 5.69 Å². The molecule has 0 unspecified atom stereocenters. The minimum atomic E-state index is -4.55. The second-order valence-corrected chi connectivity index (χ2v) is 9.03. The molecule has 0 aliphatic carbocycles. The molecule has 1 fully saturated rings. The number of pyridine rings is 1. The van der Waals surface area contributed by atoms with Crippen molar-refractivity contribution in [1.82, 2.24) is 15.2 Å². The lowest BCUT2D eigenvalue weighted by Gasteiger charge is -2.18. The zero-order chi connectivity index (χ0) is 26.0. The number of β-amino-alcohol motifs (C(OH)–C–C–N with tert-alkyl or cyclic N) is 1. The van der Waals surface area contributed by atoms with Crippen molar-refractivity contribution in [2.75, 3.05) is 13.1 Å². The molecule has 1 aromatic heterocycles. The molecular formula is C27H26F3N3O3. The minimum Gasteiger partial charge on any atom is -0.391 e. The number of carbonyl (C=O) groups excluding carboxylic acids is 2. The first kappa shape index (κ1) is 25.4. The SMILES string of the molecule is Cc1ccc(-c2cc(C(=O)N[C@H](C)c3ccc(C(F)(F)F)nc3)cc(C(=O)N3CC[C@@H](O)C3)c2)cc1. The molecule has 0 spiro atoms. The maximum atomic E-state index is 13.2. The van der Waals surface area contributed by atoms with Crippen LogP contribution in [0.2, 0.25) is 0 Å². The lowest BCUT2D eigenvalue weighted by molar-refractivity contribution is -0.141. The van der Waals surface area contributed by atoms with E-state index in [0.717, 1.165) is 23.4 Å². The van der Waals surface area contributed by atoms with Gasteiger partial charge < -0.3 is 15.3 Å². The van der Waals surface area contributed by atoms with Crippen LogP contribution in [0.15, 0.2) is 60.8 Å². The van der Waals surface area contributed by atoms with Gasteiger partial charge in [-0.2, -0.15) is 13.2 Å². The van der Waals surface area contributed by atoms with Gasteiger partial charge in [0, 0.05) is 30.4 Å². The number of aliphatic hydroxyl groups is 1. The quantitative estimate of drug-likeness (QED) is 0.532. The van der Waals surface area contributed by atoms with Gasteiger partial charge in [-0.05, 0) is 61.2 Å².